The molecule has 2 N–H and O–H groups in total. The van der Waals surface area contributed by atoms with Crippen molar-refractivity contribution in [2.75, 3.05) is 6.54 Å². The van der Waals surface area contributed by atoms with Gasteiger partial charge in [-0.15, -0.1) is 0 Å². The Bertz CT molecular complexity index is 569. The molecule has 0 aromatic heterocycles. The summed E-state index contributed by atoms with van der Waals surface area (Å²) in [6.07, 6.45) is 1.40. The topological polar surface area (TPSA) is 26.0 Å². The van der Waals surface area contributed by atoms with Gasteiger partial charge in [-0.05, 0) is 60.7 Å². The zero-order valence-corrected chi connectivity index (χ0v) is 12.5. The van der Waals surface area contributed by atoms with Crippen molar-refractivity contribution in [2.24, 2.45) is 11.7 Å². The molecule has 0 spiro atoms. The maximum absolute atomic E-state index is 13.8. The minimum absolute atomic E-state index is 0.187. The maximum Gasteiger partial charge on any atom is 0.127 e. The third kappa shape index (κ3) is 4.20. The van der Waals surface area contributed by atoms with Crippen LogP contribution in [0.3, 0.4) is 0 Å². The zero-order chi connectivity index (χ0) is 14.5. The highest BCUT2D eigenvalue weighted by Crippen LogP contribution is 2.20. The summed E-state index contributed by atoms with van der Waals surface area (Å²) in [7, 11) is 0. The van der Waals surface area contributed by atoms with Gasteiger partial charge in [-0.3, -0.25) is 0 Å². The lowest BCUT2D eigenvalue weighted by Crippen LogP contribution is -2.19. The molecule has 0 amide bonds. The van der Waals surface area contributed by atoms with Crippen LogP contribution in [0.1, 0.15) is 11.1 Å². The molecule has 0 aliphatic rings. The lowest BCUT2D eigenvalue weighted by molar-refractivity contribution is 0.512. The molecular weight excluding hydrogens is 296 g/mol. The molecule has 20 heavy (non-hydrogen) atoms. The molecule has 0 heterocycles. The van der Waals surface area contributed by atoms with Gasteiger partial charge in [0.25, 0.3) is 0 Å². The van der Waals surface area contributed by atoms with Gasteiger partial charge in [0.2, 0.25) is 0 Å². The van der Waals surface area contributed by atoms with Gasteiger partial charge in [0.15, 0.2) is 0 Å². The average molecular weight is 312 g/mol. The predicted molar refractivity (Wildman–Crippen MR) is 82.8 cm³/mol. The van der Waals surface area contributed by atoms with Crippen molar-refractivity contribution in [3.05, 3.63) is 69.5 Å². The van der Waals surface area contributed by atoms with Gasteiger partial charge < -0.3 is 5.73 Å². The van der Waals surface area contributed by atoms with Gasteiger partial charge in [0.05, 0.1) is 0 Å². The fraction of sp³-hybridized carbons (Fsp3) is 0.250. The van der Waals surface area contributed by atoms with E-state index in [0.717, 1.165) is 12.0 Å². The summed E-state index contributed by atoms with van der Waals surface area (Å²) in [5, 5.41) is 1.12. The Balaban J connectivity index is 2.07. The van der Waals surface area contributed by atoms with Crippen molar-refractivity contribution < 1.29 is 4.39 Å². The van der Waals surface area contributed by atoms with Crippen LogP contribution < -0.4 is 5.73 Å². The Morgan fingerprint density at radius 1 is 0.950 bits per heavy atom. The van der Waals surface area contributed by atoms with E-state index in [4.69, 9.17) is 28.9 Å². The van der Waals surface area contributed by atoms with Crippen LogP contribution in [0.25, 0.3) is 0 Å². The summed E-state index contributed by atoms with van der Waals surface area (Å²) in [4.78, 5) is 0. The van der Waals surface area contributed by atoms with Crippen LogP contribution in [-0.2, 0) is 12.8 Å². The largest absolute Gasteiger partial charge is 0.330 e. The van der Waals surface area contributed by atoms with Crippen LogP contribution in [-0.4, -0.2) is 6.54 Å². The predicted octanol–water partition coefficient (Wildman–Crippen LogP) is 4.49. The Labute approximate surface area is 128 Å². The third-order valence-corrected chi connectivity index (χ3v) is 3.78. The first-order chi connectivity index (χ1) is 9.58. The minimum Gasteiger partial charge on any atom is -0.330 e. The van der Waals surface area contributed by atoms with Gasteiger partial charge in [-0.25, -0.2) is 4.39 Å². The third-order valence-electron chi connectivity index (χ3n) is 3.29. The van der Waals surface area contributed by atoms with E-state index in [1.807, 2.05) is 24.3 Å². The Morgan fingerprint density at radius 3 is 2.20 bits per heavy atom. The summed E-state index contributed by atoms with van der Waals surface area (Å²) in [5.41, 5.74) is 7.61. The highest BCUT2D eigenvalue weighted by Gasteiger charge is 2.12. The highest BCUT2D eigenvalue weighted by atomic mass is 35.5. The SMILES string of the molecule is NCC(Cc1ccc(Cl)cc1)Cc1ccc(Cl)cc1F. The molecule has 2 aromatic carbocycles. The molecule has 1 unspecified atom stereocenters. The van der Waals surface area contributed by atoms with Crippen LogP contribution in [0.5, 0.6) is 0 Å². The van der Waals surface area contributed by atoms with Gasteiger partial charge >= 0.3 is 0 Å². The fourth-order valence-electron chi connectivity index (χ4n) is 2.19. The quantitative estimate of drug-likeness (QED) is 0.865. The van der Waals surface area contributed by atoms with E-state index in [2.05, 4.69) is 0 Å². The van der Waals surface area contributed by atoms with Crippen molar-refractivity contribution in [3.8, 4) is 0 Å². The molecule has 1 atom stereocenters. The van der Waals surface area contributed by atoms with Gasteiger partial charge in [0, 0.05) is 10.0 Å². The van der Waals surface area contributed by atoms with Gasteiger partial charge in [-0.1, -0.05) is 41.4 Å². The van der Waals surface area contributed by atoms with E-state index in [0.29, 0.717) is 28.6 Å². The Morgan fingerprint density at radius 2 is 1.60 bits per heavy atom. The summed E-state index contributed by atoms with van der Waals surface area (Å²) < 4.78 is 13.8. The average Bonchev–Trinajstić information content (AvgIpc) is 2.43. The molecule has 106 valence electrons. The van der Waals surface area contributed by atoms with Crippen molar-refractivity contribution in [2.45, 2.75) is 12.8 Å². The Hall–Kier alpha value is -1.09. The van der Waals surface area contributed by atoms with E-state index < -0.39 is 0 Å². The Kier molecular flexibility index (Phi) is 5.41. The molecule has 2 rings (SSSR count). The summed E-state index contributed by atoms with van der Waals surface area (Å²) in [6.45, 7) is 0.505. The van der Waals surface area contributed by atoms with E-state index in [1.54, 1.807) is 12.1 Å². The summed E-state index contributed by atoms with van der Waals surface area (Å²) >= 11 is 11.6. The van der Waals surface area contributed by atoms with Crippen molar-refractivity contribution in [3.63, 3.8) is 0 Å². The highest BCUT2D eigenvalue weighted by molar-refractivity contribution is 6.30. The molecule has 0 saturated carbocycles. The smallest absolute Gasteiger partial charge is 0.127 e. The van der Waals surface area contributed by atoms with E-state index >= 15 is 0 Å². The fourth-order valence-corrected chi connectivity index (χ4v) is 2.48. The number of benzene rings is 2. The molecule has 2 aromatic rings. The molecule has 4 heteroatoms. The van der Waals surface area contributed by atoms with Crippen molar-refractivity contribution in [1.29, 1.82) is 0 Å². The van der Waals surface area contributed by atoms with Crippen LogP contribution >= 0.6 is 23.2 Å². The van der Waals surface area contributed by atoms with Gasteiger partial charge in [-0.2, -0.15) is 0 Å². The molecule has 0 saturated heterocycles. The second kappa shape index (κ2) is 7.07. The van der Waals surface area contributed by atoms with Crippen LogP contribution in [0.4, 0.5) is 4.39 Å². The summed E-state index contributed by atoms with van der Waals surface area (Å²) in [6, 6.07) is 12.4. The molecule has 1 nitrogen and oxygen atoms in total. The van der Waals surface area contributed by atoms with Crippen molar-refractivity contribution in [1.82, 2.24) is 0 Å². The second-order valence-corrected chi connectivity index (χ2v) is 5.75. The van der Waals surface area contributed by atoms with E-state index in [9.17, 15) is 4.39 Å². The molecule has 0 fully saturated rings. The van der Waals surface area contributed by atoms with E-state index in [-0.39, 0.29) is 11.7 Å². The molecule has 0 aliphatic heterocycles. The molecular formula is C16H16Cl2FN. The summed E-state index contributed by atoms with van der Waals surface area (Å²) in [5.74, 6) is -0.0843. The first-order valence-corrected chi connectivity index (χ1v) is 7.22. The number of rotatable bonds is 5. The maximum atomic E-state index is 13.8. The lowest BCUT2D eigenvalue weighted by atomic mass is 9.92. The normalized spacial score (nSPS) is 12.4. The monoisotopic (exact) mass is 311 g/mol. The minimum atomic E-state index is -0.271. The van der Waals surface area contributed by atoms with Crippen LogP contribution in [0.15, 0.2) is 42.5 Å². The number of halogens is 3. The van der Waals surface area contributed by atoms with E-state index in [1.165, 1.54) is 6.07 Å². The second-order valence-electron chi connectivity index (χ2n) is 4.87. The number of hydrogen-bond acceptors (Lipinski definition) is 1. The van der Waals surface area contributed by atoms with Crippen molar-refractivity contribution >= 4 is 23.2 Å². The first kappa shape index (κ1) is 15.3. The first-order valence-electron chi connectivity index (χ1n) is 6.47. The molecule has 0 aliphatic carbocycles. The number of nitrogens with two attached hydrogens (primary N) is 1. The standard InChI is InChI=1S/C16H16Cl2FN/c17-14-4-1-11(2-5-14)7-12(10-20)8-13-3-6-15(18)9-16(13)19/h1-6,9,12H,7-8,10,20H2. The number of hydrogen-bond donors (Lipinski definition) is 1. The van der Waals surface area contributed by atoms with Crippen LogP contribution in [0, 0.1) is 11.7 Å². The zero-order valence-electron chi connectivity index (χ0n) is 11.0. The van der Waals surface area contributed by atoms with Gasteiger partial charge in [0.1, 0.15) is 5.82 Å². The molecule has 0 bridgehead atoms. The van der Waals surface area contributed by atoms with Crippen LogP contribution in [0.2, 0.25) is 10.0 Å². The molecule has 0 radical (unpaired) electrons. The lowest BCUT2D eigenvalue weighted by Gasteiger charge is -2.15.